The minimum Gasteiger partial charge on any atom is -0.441 e. The van der Waals surface area contributed by atoms with Gasteiger partial charge in [-0.15, -0.1) is 0 Å². The van der Waals surface area contributed by atoms with Gasteiger partial charge in [-0.25, -0.2) is 13.8 Å². The van der Waals surface area contributed by atoms with Crippen molar-refractivity contribution in [2.24, 2.45) is 0 Å². The number of halogens is 2. The molecule has 0 unspecified atom stereocenters. The molecule has 0 bridgehead atoms. The van der Waals surface area contributed by atoms with E-state index in [4.69, 9.17) is 9.15 Å². The van der Waals surface area contributed by atoms with Gasteiger partial charge in [0.1, 0.15) is 17.4 Å². The first-order chi connectivity index (χ1) is 16.8. The standard InChI is InChI=1S/C27H22F2N2O4/c1-17-3-5-18(6-4-17)27(33)31(2)20-8-10-21(11-9-20)34-26(32)14-13-25-30-16-24(35-25)22-12-7-19(28)15-23(22)29/h3-12,15-16H,13-14H2,1-2H3. The van der Waals surface area contributed by atoms with E-state index in [0.29, 0.717) is 17.0 Å². The molecule has 0 saturated carbocycles. The molecule has 0 spiro atoms. The summed E-state index contributed by atoms with van der Waals surface area (Å²) in [5.74, 6) is -1.40. The fourth-order valence-electron chi connectivity index (χ4n) is 3.38. The first-order valence-electron chi connectivity index (χ1n) is 10.9. The molecule has 0 aliphatic heterocycles. The van der Waals surface area contributed by atoms with Gasteiger partial charge in [0, 0.05) is 30.8 Å². The molecule has 178 valence electrons. The Morgan fingerprint density at radius 1 is 1.00 bits per heavy atom. The third-order valence-electron chi connectivity index (χ3n) is 5.35. The number of hydrogen-bond acceptors (Lipinski definition) is 5. The molecule has 0 fully saturated rings. The minimum atomic E-state index is -0.762. The van der Waals surface area contributed by atoms with Crippen LogP contribution in [0.15, 0.2) is 77.3 Å². The van der Waals surface area contributed by atoms with Gasteiger partial charge in [0.25, 0.3) is 5.91 Å². The van der Waals surface area contributed by atoms with Gasteiger partial charge in [0.15, 0.2) is 11.7 Å². The summed E-state index contributed by atoms with van der Waals surface area (Å²) in [6.07, 6.45) is 1.46. The van der Waals surface area contributed by atoms with Gasteiger partial charge in [-0.2, -0.15) is 0 Å². The summed E-state index contributed by atoms with van der Waals surface area (Å²) in [5.41, 5.74) is 2.38. The normalized spacial score (nSPS) is 10.7. The zero-order valence-electron chi connectivity index (χ0n) is 19.1. The second-order valence-electron chi connectivity index (χ2n) is 7.94. The van der Waals surface area contributed by atoms with Crippen LogP contribution in [0.2, 0.25) is 0 Å². The van der Waals surface area contributed by atoms with Crippen molar-refractivity contribution in [1.29, 1.82) is 0 Å². The Balaban J connectivity index is 1.31. The summed E-state index contributed by atoms with van der Waals surface area (Å²) >= 11 is 0. The van der Waals surface area contributed by atoms with E-state index in [-0.39, 0.29) is 36.0 Å². The predicted molar refractivity (Wildman–Crippen MR) is 126 cm³/mol. The van der Waals surface area contributed by atoms with Crippen LogP contribution in [0, 0.1) is 18.6 Å². The average molecular weight is 476 g/mol. The fraction of sp³-hybridized carbons (Fsp3) is 0.148. The molecule has 3 aromatic carbocycles. The van der Waals surface area contributed by atoms with E-state index in [9.17, 15) is 18.4 Å². The molecule has 1 amide bonds. The highest BCUT2D eigenvalue weighted by Gasteiger charge is 2.15. The number of aryl methyl sites for hydroxylation is 2. The molecule has 0 atom stereocenters. The van der Waals surface area contributed by atoms with Crippen LogP contribution < -0.4 is 9.64 Å². The summed E-state index contributed by atoms with van der Waals surface area (Å²) in [4.78, 5) is 30.4. The largest absolute Gasteiger partial charge is 0.441 e. The van der Waals surface area contributed by atoms with Crippen LogP contribution in [-0.2, 0) is 11.2 Å². The number of carbonyl (C=O) groups excluding carboxylic acids is 2. The van der Waals surface area contributed by atoms with Crippen molar-refractivity contribution >= 4 is 17.6 Å². The van der Waals surface area contributed by atoms with Gasteiger partial charge < -0.3 is 14.1 Å². The summed E-state index contributed by atoms with van der Waals surface area (Å²) in [7, 11) is 1.67. The Labute approximate surface area is 200 Å². The molecule has 0 radical (unpaired) electrons. The fourth-order valence-corrected chi connectivity index (χ4v) is 3.38. The molecule has 1 heterocycles. The number of hydrogen-bond donors (Lipinski definition) is 0. The van der Waals surface area contributed by atoms with Crippen LogP contribution in [0.3, 0.4) is 0 Å². The minimum absolute atomic E-state index is 0.0145. The van der Waals surface area contributed by atoms with E-state index >= 15 is 0 Å². The van der Waals surface area contributed by atoms with E-state index in [2.05, 4.69) is 4.98 Å². The van der Waals surface area contributed by atoms with E-state index in [1.807, 2.05) is 19.1 Å². The lowest BCUT2D eigenvalue weighted by molar-refractivity contribution is -0.134. The summed E-state index contributed by atoms with van der Waals surface area (Å²) < 4.78 is 37.8. The molecule has 4 rings (SSSR count). The molecule has 0 aliphatic rings. The lowest BCUT2D eigenvalue weighted by atomic mass is 10.1. The topological polar surface area (TPSA) is 72.6 Å². The second-order valence-corrected chi connectivity index (χ2v) is 7.94. The van der Waals surface area contributed by atoms with Crippen LogP contribution in [0.4, 0.5) is 14.5 Å². The number of aromatic nitrogens is 1. The number of anilines is 1. The van der Waals surface area contributed by atoms with Gasteiger partial charge in [-0.1, -0.05) is 17.7 Å². The number of nitrogens with zero attached hydrogens (tertiary/aromatic N) is 2. The van der Waals surface area contributed by atoms with E-state index < -0.39 is 17.6 Å². The Morgan fingerprint density at radius 2 is 1.71 bits per heavy atom. The summed E-state index contributed by atoms with van der Waals surface area (Å²) in [6, 6.07) is 17.0. The number of esters is 1. The smallest absolute Gasteiger partial charge is 0.311 e. The first kappa shape index (κ1) is 23.8. The van der Waals surface area contributed by atoms with Crippen molar-refractivity contribution in [2.45, 2.75) is 19.8 Å². The summed E-state index contributed by atoms with van der Waals surface area (Å²) in [5, 5.41) is 0. The quantitative estimate of drug-likeness (QED) is 0.251. The van der Waals surface area contributed by atoms with E-state index in [0.717, 1.165) is 17.7 Å². The third-order valence-corrected chi connectivity index (χ3v) is 5.35. The van der Waals surface area contributed by atoms with Crippen molar-refractivity contribution in [3.63, 3.8) is 0 Å². The third kappa shape index (κ3) is 5.78. The molecule has 0 aliphatic carbocycles. The first-order valence-corrected chi connectivity index (χ1v) is 10.9. The molecule has 6 nitrogen and oxygen atoms in total. The highest BCUT2D eigenvalue weighted by Crippen LogP contribution is 2.25. The van der Waals surface area contributed by atoms with Crippen molar-refractivity contribution in [3.8, 4) is 17.1 Å². The Bertz CT molecular complexity index is 1350. The molecular weight excluding hydrogens is 454 g/mol. The lowest BCUT2D eigenvalue weighted by Crippen LogP contribution is -2.26. The number of benzene rings is 3. The van der Waals surface area contributed by atoms with Gasteiger partial charge in [-0.3, -0.25) is 9.59 Å². The van der Waals surface area contributed by atoms with Crippen LogP contribution in [0.25, 0.3) is 11.3 Å². The molecule has 1 aromatic heterocycles. The van der Waals surface area contributed by atoms with Crippen LogP contribution in [-0.4, -0.2) is 23.9 Å². The maximum absolute atomic E-state index is 13.9. The van der Waals surface area contributed by atoms with Crippen LogP contribution in [0.5, 0.6) is 5.75 Å². The number of amides is 1. The Morgan fingerprint density at radius 3 is 2.40 bits per heavy atom. The molecule has 0 N–H and O–H groups in total. The SMILES string of the molecule is Cc1ccc(C(=O)N(C)c2ccc(OC(=O)CCc3ncc(-c4ccc(F)cc4F)o3)cc2)cc1. The van der Waals surface area contributed by atoms with Gasteiger partial charge >= 0.3 is 5.97 Å². The lowest BCUT2D eigenvalue weighted by Gasteiger charge is -2.18. The van der Waals surface area contributed by atoms with Gasteiger partial charge in [-0.05, 0) is 55.5 Å². The Kier molecular flexibility index (Phi) is 7.01. The second kappa shape index (κ2) is 10.3. The molecule has 4 aromatic rings. The zero-order valence-corrected chi connectivity index (χ0v) is 19.1. The van der Waals surface area contributed by atoms with Crippen molar-refractivity contribution in [3.05, 3.63) is 102 Å². The Hall–Kier alpha value is -4.33. The van der Waals surface area contributed by atoms with Crippen molar-refractivity contribution < 1.29 is 27.5 Å². The highest BCUT2D eigenvalue weighted by molar-refractivity contribution is 6.05. The number of oxazole rings is 1. The summed E-state index contributed by atoms with van der Waals surface area (Å²) in [6.45, 7) is 1.95. The van der Waals surface area contributed by atoms with E-state index in [1.54, 1.807) is 43.4 Å². The van der Waals surface area contributed by atoms with Crippen molar-refractivity contribution in [1.82, 2.24) is 4.98 Å². The van der Waals surface area contributed by atoms with E-state index in [1.165, 1.54) is 17.2 Å². The van der Waals surface area contributed by atoms with Crippen LogP contribution in [0.1, 0.15) is 28.2 Å². The maximum Gasteiger partial charge on any atom is 0.311 e. The molecule has 8 heteroatoms. The molecule has 0 saturated heterocycles. The number of carbonyl (C=O) groups is 2. The average Bonchev–Trinajstić information content (AvgIpc) is 3.31. The number of rotatable bonds is 7. The highest BCUT2D eigenvalue weighted by atomic mass is 19.1. The van der Waals surface area contributed by atoms with Crippen molar-refractivity contribution in [2.75, 3.05) is 11.9 Å². The van der Waals surface area contributed by atoms with Gasteiger partial charge in [0.05, 0.1) is 18.2 Å². The monoisotopic (exact) mass is 476 g/mol. The molecule has 35 heavy (non-hydrogen) atoms. The zero-order chi connectivity index (χ0) is 24.9. The molecular formula is C27H22F2N2O4. The number of ether oxygens (including phenoxy) is 1. The van der Waals surface area contributed by atoms with Gasteiger partial charge in [0.2, 0.25) is 0 Å². The predicted octanol–water partition coefficient (Wildman–Crippen LogP) is 5.74. The maximum atomic E-state index is 13.9. The van der Waals surface area contributed by atoms with Crippen LogP contribution >= 0.6 is 0 Å².